The van der Waals surface area contributed by atoms with Crippen molar-refractivity contribution in [2.75, 3.05) is 0 Å². The van der Waals surface area contributed by atoms with Crippen molar-refractivity contribution < 1.29 is 0 Å². The number of pyridine rings is 1. The molecule has 2 heteroatoms. The largest absolute Gasteiger partial charge is 3.00 e. The molecule has 0 fully saturated rings. The van der Waals surface area contributed by atoms with Crippen molar-refractivity contribution in [2.24, 2.45) is 0 Å². The molecule has 0 atom stereocenters. The van der Waals surface area contributed by atoms with Crippen LogP contribution in [0.3, 0.4) is 0 Å². The second kappa shape index (κ2) is 4.57. The number of aromatic nitrogens is 1. The molecule has 0 aliphatic carbocycles. The molecule has 9 heavy (non-hydrogen) atoms. The standard InChI is InChI=1S/C7H7N.Sb/c1-2-7-5-3-4-6-8-7;/h2-6H,1H2;/q;+3. The Hall–Kier alpha value is -0.292. The Bertz CT molecular complexity index is 172. The van der Waals surface area contributed by atoms with Gasteiger partial charge in [0.2, 0.25) is 0 Å². The van der Waals surface area contributed by atoms with Crippen LogP contribution in [0.25, 0.3) is 6.08 Å². The van der Waals surface area contributed by atoms with Gasteiger partial charge < -0.3 is 0 Å². The van der Waals surface area contributed by atoms with E-state index >= 15 is 0 Å². The number of rotatable bonds is 1. The van der Waals surface area contributed by atoms with E-state index in [1.807, 2.05) is 18.2 Å². The molecule has 0 N–H and O–H groups in total. The minimum absolute atomic E-state index is 0. The van der Waals surface area contributed by atoms with Gasteiger partial charge in [0.1, 0.15) is 0 Å². The molecule has 0 saturated carbocycles. The van der Waals surface area contributed by atoms with Crippen LogP contribution in [0.15, 0.2) is 31.0 Å². The van der Waals surface area contributed by atoms with E-state index in [0.29, 0.717) is 0 Å². The van der Waals surface area contributed by atoms with E-state index in [-0.39, 0.29) is 24.4 Å². The third-order valence-electron chi connectivity index (χ3n) is 0.897. The molecule has 2 radical (unpaired) electrons. The Kier molecular flexibility index (Phi) is 4.43. The van der Waals surface area contributed by atoms with Crippen molar-refractivity contribution in [3.05, 3.63) is 36.7 Å². The molecule has 1 heterocycles. The van der Waals surface area contributed by atoms with E-state index in [1.54, 1.807) is 12.3 Å². The average Bonchev–Trinajstić information content (AvgIpc) is 1.90. The smallest absolute Gasteiger partial charge is 0.257 e. The normalized spacial score (nSPS) is 7.56. The van der Waals surface area contributed by atoms with Crippen LogP contribution in [-0.2, 0) is 0 Å². The molecule has 0 amide bonds. The Morgan fingerprint density at radius 2 is 2.22 bits per heavy atom. The fraction of sp³-hybridized carbons (Fsp3) is 0. The molecule has 0 aliphatic rings. The summed E-state index contributed by atoms with van der Waals surface area (Å²) >= 11 is 0. The van der Waals surface area contributed by atoms with Crippen molar-refractivity contribution in [1.29, 1.82) is 0 Å². The SMILES string of the molecule is C=Cc1ccccn1.[Sb+3]. The minimum Gasteiger partial charge on any atom is -0.257 e. The van der Waals surface area contributed by atoms with Gasteiger partial charge in [0, 0.05) is 6.20 Å². The maximum absolute atomic E-state index is 3.98. The summed E-state index contributed by atoms with van der Waals surface area (Å²) in [6, 6.07) is 5.73. The maximum Gasteiger partial charge on any atom is 3.00 e. The molecule has 0 aromatic carbocycles. The van der Waals surface area contributed by atoms with E-state index in [4.69, 9.17) is 0 Å². The fourth-order valence-electron chi connectivity index (χ4n) is 0.497. The molecular formula is C7H7NSb+3. The van der Waals surface area contributed by atoms with Crippen LogP contribution in [-0.4, -0.2) is 29.4 Å². The summed E-state index contributed by atoms with van der Waals surface area (Å²) in [6.07, 6.45) is 3.47. The average molecular weight is 227 g/mol. The van der Waals surface area contributed by atoms with Crippen LogP contribution < -0.4 is 0 Å². The molecule has 1 aromatic rings. The Balaban J connectivity index is 0.000000640. The molecule has 0 spiro atoms. The van der Waals surface area contributed by atoms with Gasteiger partial charge in [-0.1, -0.05) is 12.6 Å². The van der Waals surface area contributed by atoms with Gasteiger partial charge in [-0.3, -0.25) is 4.98 Å². The van der Waals surface area contributed by atoms with E-state index in [2.05, 4.69) is 11.6 Å². The van der Waals surface area contributed by atoms with E-state index in [0.717, 1.165) is 5.69 Å². The molecule has 1 rings (SSSR count). The van der Waals surface area contributed by atoms with Crippen molar-refractivity contribution >= 4 is 30.5 Å². The molecule has 1 nitrogen and oxygen atoms in total. The van der Waals surface area contributed by atoms with Crippen LogP contribution in [0.2, 0.25) is 0 Å². The van der Waals surface area contributed by atoms with Crippen LogP contribution in [0.4, 0.5) is 0 Å². The topological polar surface area (TPSA) is 12.9 Å². The Morgan fingerprint density at radius 3 is 2.56 bits per heavy atom. The zero-order valence-electron chi connectivity index (χ0n) is 4.99. The third kappa shape index (κ3) is 2.66. The van der Waals surface area contributed by atoms with Gasteiger partial charge in [-0.05, 0) is 18.2 Å². The van der Waals surface area contributed by atoms with Gasteiger partial charge in [0.15, 0.2) is 0 Å². The molecular weight excluding hydrogens is 220 g/mol. The Labute approximate surface area is 72.3 Å². The van der Waals surface area contributed by atoms with E-state index in [9.17, 15) is 0 Å². The van der Waals surface area contributed by atoms with Crippen molar-refractivity contribution in [1.82, 2.24) is 4.98 Å². The molecule has 0 unspecified atom stereocenters. The predicted molar refractivity (Wildman–Crippen MR) is 40.1 cm³/mol. The van der Waals surface area contributed by atoms with Gasteiger partial charge in [0.05, 0.1) is 5.69 Å². The van der Waals surface area contributed by atoms with Crippen molar-refractivity contribution in [2.45, 2.75) is 0 Å². The summed E-state index contributed by atoms with van der Waals surface area (Å²) in [7, 11) is 0. The zero-order valence-corrected chi connectivity index (χ0v) is 7.54. The van der Waals surface area contributed by atoms with Gasteiger partial charge >= 0.3 is 24.4 Å². The monoisotopic (exact) mass is 226 g/mol. The summed E-state index contributed by atoms with van der Waals surface area (Å²) in [5.74, 6) is 0. The first-order valence-electron chi connectivity index (χ1n) is 2.47. The summed E-state index contributed by atoms with van der Waals surface area (Å²) in [5, 5.41) is 0. The van der Waals surface area contributed by atoms with Crippen molar-refractivity contribution in [3.63, 3.8) is 0 Å². The van der Waals surface area contributed by atoms with Gasteiger partial charge in [-0.2, -0.15) is 0 Å². The summed E-state index contributed by atoms with van der Waals surface area (Å²) in [6.45, 7) is 3.57. The van der Waals surface area contributed by atoms with Crippen LogP contribution in [0.5, 0.6) is 0 Å². The number of nitrogens with zero attached hydrogens (tertiary/aromatic N) is 1. The molecule has 0 saturated heterocycles. The summed E-state index contributed by atoms with van der Waals surface area (Å²) in [4.78, 5) is 3.98. The van der Waals surface area contributed by atoms with Gasteiger partial charge in [-0.25, -0.2) is 0 Å². The number of hydrogen-bond acceptors (Lipinski definition) is 1. The van der Waals surface area contributed by atoms with Crippen molar-refractivity contribution in [3.8, 4) is 0 Å². The summed E-state index contributed by atoms with van der Waals surface area (Å²) in [5.41, 5.74) is 0.924. The molecule has 0 bridgehead atoms. The minimum atomic E-state index is 0. The van der Waals surface area contributed by atoms with Gasteiger partial charge in [0.25, 0.3) is 0 Å². The second-order valence-corrected chi connectivity index (χ2v) is 1.46. The van der Waals surface area contributed by atoms with E-state index in [1.165, 1.54) is 0 Å². The first-order chi connectivity index (χ1) is 3.93. The second-order valence-electron chi connectivity index (χ2n) is 1.46. The molecule has 0 aliphatic heterocycles. The molecule has 1 aromatic heterocycles. The summed E-state index contributed by atoms with van der Waals surface area (Å²) < 4.78 is 0. The predicted octanol–water partition coefficient (Wildman–Crippen LogP) is 1.34. The Morgan fingerprint density at radius 1 is 1.44 bits per heavy atom. The number of hydrogen-bond donors (Lipinski definition) is 0. The van der Waals surface area contributed by atoms with Crippen LogP contribution in [0, 0.1) is 0 Å². The van der Waals surface area contributed by atoms with E-state index < -0.39 is 0 Å². The van der Waals surface area contributed by atoms with Crippen LogP contribution in [0.1, 0.15) is 5.69 Å². The molecule has 42 valence electrons. The first kappa shape index (κ1) is 8.71. The quantitative estimate of drug-likeness (QED) is 0.659. The third-order valence-corrected chi connectivity index (χ3v) is 0.897. The maximum atomic E-state index is 3.98. The first-order valence-corrected chi connectivity index (χ1v) is 2.47. The van der Waals surface area contributed by atoms with Crippen LogP contribution >= 0.6 is 0 Å². The van der Waals surface area contributed by atoms with Gasteiger partial charge in [-0.15, -0.1) is 0 Å². The zero-order chi connectivity index (χ0) is 5.82. The fourth-order valence-corrected chi connectivity index (χ4v) is 0.497.